The van der Waals surface area contributed by atoms with Gasteiger partial charge in [-0.1, -0.05) is 12.2 Å². The minimum atomic E-state index is 0.609. The van der Waals surface area contributed by atoms with Crippen molar-refractivity contribution in [1.82, 2.24) is 4.90 Å². The van der Waals surface area contributed by atoms with E-state index in [0.717, 1.165) is 39.6 Å². The van der Waals surface area contributed by atoms with E-state index in [1.807, 2.05) is 26.0 Å². The molecule has 1 aliphatic rings. The van der Waals surface area contributed by atoms with Crippen molar-refractivity contribution in [3.8, 4) is 11.5 Å². The molecule has 0 spiro atoms. The average Bonchev–Trinajstić information content (AvgIpc) is 2.50. The molecule has 0 radical (unpaired) electrons. The predicted octanol–water partition coefficient (Wildman–Crippen LogP) is 4.41. The first-order valence-electron chi connectivity index (χ1n) is 7.55. The van der Waals surface area contributed by atoms with Crippen LogP contribution in [0.1, 0.15) is 38.7 Å². The molecule has 21 heavy (non-hydrogen) atoms. The van der Waals surface area contributed by atoms with E-state index in [2.05, 4.69) is 20.8 Å². The summed E-state index contributed by atoms with van der Waals surface area (Å²) < 4.78 is 12.3. The number of hydrogen-bond donors (Lipinski definition) is 0. The minimum absolute atomic E-state index is 0.609. The van der Waals surface area contributed by atoms with Gasteiger partial charge < -0.3 is 14.4 Å². The van der Waals surface area contributed by atoms with E-state index in [0.29, 0.717) is 13.2 Å². The number of ether oxygens (including phenoxy) is 2. The topological polar surface area (TPSA) is 21.7 Å². The summed E-state index contributed by atoms with van der Waals surface area (Å²) >= 11 is 9.30. The van der Waals surface area contributed by atoms with Crippen LogP contribution in [0, 0.1) is 0 Å². The lowest BCUT2D eigenvalue weighted by molar-refractivity contribution is 0.287. The molecule has 0 aliphatic carbocycles. The molecule has 0 saturated carbocycles. The van der Waals surface area contributed by atoms with Crippen LogP contribution in [0.4, 0.5) is 0 Å². The number of rotatable bonds is 5. The summed E-state index contributed by atoms with van der Waals surface area (Å²) in [6.07, 6.45) is 3.73. The third-order valence-electron chi connectivity index (χ3n) is 3.51. The molecular formula is C16H22BrNO2S. The van der Waals surface area contributed by atoms with Gasteiger partial charge in [0.15, 0.2) is 11.5 Å². The van der Waals surface area contributed by atoms with Gasteiger partial charge in [-0.2, -0.15) is 0 Å². The van der Waals surface area contributed by atoms with Crippen LogP contribution in [0.2, 0.25) is 0 Å². The van der Waals surface area contributed by atoms with Gasteiger partial charge in [0.1, 0.15) is 4.99 Å². The lowest BCUT2D eigenvalue weighted by Crippen LogP contribution is -2.35. The highest BCUT2D eigenvalue weighted by Crippen LogP contribution is 2.35. The lowest BCUT2D eigenvalue weighted by Gasteiger charge is -2.30. The first kappa shape index (κ1) is 16.6. The molecule has 0 bridgehead atoms. The molecule has 5 heteroatoms. The number of hydrogen-bond acceptors (Lipinski definition) is 3. The molecule has 1 aliphatic heterocycles. The molecule has 1 aromatic carbocycles. The van der Waals surface area contributed by atoms with Gasteiger partial charge in [-0.25, -0.2) is 0 Å². The average molecular weight is 372 g/mol. The van der Waals surface area contributed by atoms with Crippen molar-refractivity contribution in [2.45, 2.75) is 33.1 Å². The monoisotopic (exact) mass is 371 g/mol. The van der Waals surface area contributed by atoms with E-state index in [1.165, 1.54) is 19.3 Å². The van der Waals surface area contributed by atoms with E-state index < -0.39 is 0 Å². The van der Waals surface area contributed by atoms with E-state index in [1.54, 1.807) is 0 Å². The Bertz CT molecular complexity index is 501. The molecule has 1 aromatic rings. The quantitative estimate of drug-likeness (QED) is 0.714. The zero-order chi connectivity index (χ0) is 15.2. The van der Waals surface area contributed by atoms with Crippen molar-refractivity contribution in [1.29, 1.82) is 0 Å². The number of likely N-dealkylation sites (tertiary alicyclic amines) is 1. The standard InChI is InChI=1S/C16H22BrNO2S/c1-3-19-14-10-12(13(17)11-15(14)20-4-2)16(21)18-8-6-5-7-9-18/h10-11H,3-9H2,1-2H3. The van der Waals surface area contributed by atoms with Crippen LogP contribution in [0.15, 0.2) is 16.6 Å². The zero-order valence-electron chi connectivity index (χ0n) is 12.7. The smallest absolute Gasteiger partial charge is 0.162 e. The molecule has 1 saturated heterocycles. The van der Waals surface area contributed by atoms with Crippen LogP contribution in [0.25, 0.3) is 0 Å². The third-order valence-corrected chi connectivity index (χ3v) is 4.64. The molecular weight excluding hydrogens is 350 g/mol. The van der Waals surface area contributed by atoms with Crippen molar-refractivity contribution in [2.24, 2.45) is 0 Å². The Labute approximate surface area is 140 Å². The third kappa shape index (κ3) is 4.10. The van der Waals surface area contributed by atoms with Gasteiger partial charge in [-0.3, -0.25) is 0 Å². The maximum atomic E-state index is 5.70. The molecule has 0 amide bonds. The Kier molecular flexibility index (Phi) is 6.30. The summed E-state index contributed by atoms with van der Waals surface area (Å²) in [4.78, 5) is 3.18. The van der Waals surface area contributed by atoms with Crippen molar-refractivity contribution < 1.29 is 9.47 Å². The number of halogens is 1. The number of nitrogens with zero attached hydrogens (tertiary/aromatic N) is 1. The summed E-state index contributed by atoms with van der Waals surface area (Å²) in [5, 5.41) is 0. The maximum absolute atomic E-state index is 5.70. The van der Waals surface area contributed by atoms with Crippen molar-refractivity contribution in [3.05, 3.63) is 22.2 Å². The van der Waals surface area contributed by atoms with E-state index in [9.17, 15) is 0 Å². The highest BCUT2D eigenvalue weighted by Gasteiger charge is 2.19. The zero-order valence-corrected chi connectivity index (χ0v) is 15.1. The maximum Gasteiger partial charge on any atom is 0.162 e. The summed E-state index contributed by atoms with van der Waals surface area (Å²) in [7, 11) is 0. The molecule has 0 N–H and O–H groups in total. The minimum Gasteiger partial charge on any atom is -0.490 e. The lowest BCUT2D eigenvalue weighted by atomic mass is 10.1. The largest absolute Gasteiger partial charge is 0.490 e. The van der Waals surface area contributed by atoms with Gasteiger partial charge in [0.25, 0.3) is 0 Å². The second-order valence-electron chi connectivity index (χ2n) is 5.00. The van der Waals surface area contributed by atoms with Crippen molar-refractivity contribution in [3.63, 3.8) is 0 Å². The highest BCUT2D eigenvalue weighted by molar-refractivity contribution is 9.10. The van der Waals surface area contributed by atoms with Crippen molar-refractivity contribution in [2.75, 3.05) is 26.3 Å². The van der Waals surface area contributed by atoms with Crippen LogP contribution in [-0.4, -0.2) is 36.2 Å². The number of piperidine rings is 1. The van der Waals surface area contributed by atoms with Gasteiger partial charge >= 0.3 is 0 Å². The molecule has 3 nitrogen and oxygen atoms in total. The summed E-state index contributed by atoms with van der Waals surface area (Å²) in [6, 6.07) is 3.95. The number of thiocarbonyl (C=S) groups is 1. The fraction of sp³-hybridized carbons (Fsp3) is 0.562. The molecule has 0 unspecified atom stereocenters. The van der Waals surface area contributed by atoms with Crippen LogP contribution < -0.4 is 9.47 Å². The van der Waals surface area contributed by atoms with Gasteiger partial charge in [0, 0.05) is 23.1 Å². The fourth-order valence-corrected chi connectivity index (χ4v) is 3.50. The molecule has 116 valence electrons. The fourth-order valence-electron chi connectivity index (χ4n) is 2.50. The summed E-state index contributed by atoms with van der Waals surface area (Å²) in [5.74, 6) is 1.52. The number of benzene rings is 1. The summed E-state index contributed by atoms with van der Waals surface area (Å²) in [6.45, 7) is 7.25. The first-order chi connectivity index (χ1) is 10.2. The van der Waals surface area contributed by atoms with Crippen LogP contribution >= 0.6 is 28.1 Å². The van der Waals surface area contributed by atoms with Gasteiger partial charge in [-0.15, -0.1) is 0 Å². The van der Waals surface area contributed by atoms with Crippen molar-refractivity contribution >= 4 is 33.1 Å². The second kappa shape index (κ2) is 7.99. The van der Waals surface area contributed by atoms with Crippen LogP contribution in [0.5, 0.6) is 11.5 Å². The molecule has 1 heterocycles. The van der Waals surface area contributed by atoms with Crippen LogP contribution in [0.3, 0.4) is 0 Å². The van der Waals surface area contributed by atoms with Gasteiger partial charge in [-0.05, 0) is 61.2 Å². The van der Waals surface area contributed by atoms with E-state index >= 15 is 0 Å². The SMILES string of the molecule is CCOc1cc(Br)c(C(=S)N2CCCCC2)cc1OCC. The Hall–Kier alpha value is -0.810. The molecule has 1 fully saturated rings. The summed E-state index contributed by atoms with van der Waals surface area (Å²) in [5.41, 5.74) is 1.01. The molecule has 0 atom stereocenters. The molecule has 2 rings (SSSR count). The first-order valence-corrected chi connectivity index (χ1v) is 8.75. The van der Waals surface area contributed by atoms with Gasteiger partial charge in [0.05, 0.1) is 13.2 Å². The Morgan fingerprint density at radius 2 is 1.67 bits per heavy atom. The van der Waals surface area contributed by atoms with Gasteiger partial charge in [0.2, 0.25) is 0 Å². The molecule has 0 aromatic heterocycles. The van der Waals surface area contributed by atoms with E-state index in [-0.39, 0.29) is 0 Å². The van der Waals surface area contributed by atoms with Crippen LogP contribution in [-0.2, 0) is 0 Å². The highest BCUT2D eigenvalue weighted by atomic mass is 79.9. The Morgan fingerprint density at radius 1 is 1.10 bits per heavy atom. The Morgan fingerprint density at radius 3 is 2.24 bits per heavy atom. The normalized spacial score (nSPS) is 14.9. The van der Waals surface area contributed by atoms with E-state index in [4.69, 9.17) is 21.7 Å². The predicted molar refractivity (Wildman–Crippen MR) is 93.6 cm³/mol. The second-order valence-corrected chi connectivity index (χ2v) is 6.24. The Balaban J connectivity index is 2.29.